The third kappa shape index (κ3) is 4.05. The van der Waals surface area contributed by atoms with Gasteiger partial charge in [-0.15, -0.1) is 0 Å². The van der Waals surface area contributed by atoms with E-state index in [0.29, 0.717) is 10.9 Å². The Hall–Kier alpha value is -1.39. The Morgan fingerprint density at radius 1 is 1.29 bits per heavy atom. The molecule has 0 spiro atoms. The van der Waals surface area contributed by atoms with Crippen molar-refractivity contribution in [2.45, 2.75) is 39.0 Å². The van der Waals surface area contributed by atoms with Crippen molar-refractivity contribution in [3.05, 3.63) is 28.9 Å². The lowest BCUT2D eigenvalue weighted by Gasteiger charge is -2.14. The van der Waals surface area contributed by atoms with Gasteiger partial charge in [-0.05, 0) is 37.3 Å². The summed E-state index contributed by atoms with van der Waals surface area (Å²) in [7, 11) is 0. The number of nitrogens with two attached hydrogens (primary N) is 1. The highest BCUT2D eigenvalue weighted by Crippen LogP contribution is 2.27. The van der Waals surface area contributed by atoms with Gasteiger partial charge in [-0.2, -0.15) is 0 Å². The first-order valence-corrected chi connectivity index (χ1v) is 7.85. The quantitative estimate of drug-likeness (QED) is 0.820. The fourth-order valence-electron chi connectivity index (χ4n) is 2.58. The molecule has 1 atom stereocenters. The maximum absolute atomic E-state index is 9.47. The van der Waals surface area contributed by atoms with E-state index in [1.165, 1.54) is 0 Å². The molecule has 2 rings (SSSR count). The minimum atomic E-state index is 0.215. The minimum Gasteiger partial charge on any atom is -0.396 e. The molecular formula is C16H22ClN3O. The van der Waals surface area contributed by atoms with Crippen LogP contribution in [-0.2, 0) is 6.42 Å². The number of aliphatic hydroxyl groups excluding tert-OH is 1. The van der Waals surface area contributed by atoms with Gasteiger partial charge in [0.05, 0.1) is 16.2 Å². The van der Waals surface area contributed by atoms with Crippen molar-refractivity contribution < 1.29 is 5.11 Å². The second kappa shape index (κ2) is 7.57. The van der Waals surface area contributed by atoms with Gasteiger partial charge in [0.1, 0.15) is 0 Å². The summed E-state index contributed by atoms with van der Waals surface area (Å²) < 4.78 is 0. The third-order valence-corrected chi connectivity index (χ3v) is 4.09. The zero-order valence-corrected chi connectivity index (χ0v) is 13.1. The van der Waals surface area contributed by atoms with Crippen LogP contribution in [-0.4, -0.2) is 21.7 Å². The van der Waals surface area contributed by atoms with Crippen molar-refractivity contribution in [1.82, 2.24) is 9.97 Å². The van der Waals surface area contributed by atoms with E-state index >= 15 is 0 Å². The van der Waals surface area contributed by atoms with Crippen LogP contribution < -0.4 is 5.73 Å². The van der Waals surface area contributed by atoms with Gasteiger partial charge in [-0.1, -0.05) is 37.4 Å². The van der Waals surface area contributed by atoms with Crippen molar-refractivity contribution in [3.63, 3.8) is 0 Å². The molecule has 0 unspecified atom stereocenters. The van der Waals surface area contributed by atoms with E-state index in [1.807, 2.05) is 18.2 Å². The average Bonchev–Trinajstić information content (AvgIpc) is 2.47. The smallest absolute Gasteiger partial charge is 0.220 e. The molecule has 1 heterocycles. The highest BCUT2D eigenvalue weighted by Gasteiger charge is 2.13. The molecule has 4 nitrogen and oxygen atoms in total. The monoisotopic (exact) mass is 307 g/mol. The number of aryl methyl sites for hydroxylation is 1. The van der Waals surface area contributed by atoms with E-state index in [2.05, 4.69) is 16.9 Å². The van der Waals surface area contributed by atoms with Gasteiger partial charge in [-0.3, -0.25) is 0 Å². The first kappa shape index (κ1) is 16.0. The molecule has 0 saturated heterocycles. The fraction of sp³-hybridized carbons (Fsp3) is 0.500. The standard InChI is InChI=1S/C16H22ClN3O/c1-2-3-5-11(10-21)8-9-14-15-12(17)6-4-7-13(15)19-16(18)20-14/h4,6-7,11,21H,2-3,5,8-10H2,1H3,(H2,18,19,20)/t11-/m0/s1. The Morgan fingerprint density at radius 2 is 2.10 bits per heavy atom. The predicted molar refractivity (Wildman–Crippen MR) is 87.4 cm³/mol. The first-order chi connectivity index (χ1) is 10.2. The van der Waals surface area contributed by atoms with Gasteiger partial charge in [0.2, 0.25) is 5.95 Å². The highest BCUT2D eigenvalue weighted by atomic mass is 35.5. The van der Waals surface area contributed by atoms with Gasteiger partial charge in [0, 0.05) is 12.0 Å². The number of aliphatic hydroxyl groups is 1. The molecule has 5 heteroatoms. The van der Waals surface area contributed by atoms with Gasteiger partial charge in [0.25, 0.3) is 0 Å². The van der Waals surface area contributed by atoms with Crippen LogP contribution in [0.5, 0.6) is 0 Å². The van der Waals surface area contributed by atoms with Crippen LogP contribution in [0, 0.1) is 5.92 Å². The molecule has 0 bridgehead atoms. The van der Waals surface area contributed by atoms with Crippen LogP contribution in [0.3, 0.4) is 0 Å². The summed E-state index contributed by atoms with van der Waals surface area (Å²) in [5.41, 5.74) is 7.43. The van der Waals surface area contributed by atoms with E-state index in [-0.39, 0.29) is 12.6 Å². The number of anilines is 1. The van der Waals surface area contributed by atoms with Crippen molar-refractivity contribution >= 4 is 28.5 Å². The summed E-state index contributed by atoms with van der Waals surface area (Å²) >= 11 is 6.28. The SMILES string of the molecule is CCCC[C@H](CO)CCc1nc(N)nc2cccc(Cl)c12. The molecule has 0 aliphatic carbocycles. The maximum Gasteiger partial charge on any atom is 0.220 e. The second-order valence-corrected chi connectivity index (χ2v) is 5.80. The van der Waals surface area contributed by atoms with E-state index in [0.717, 1.165) is 48.7 Å². The molecule has 0 aliphatic rings. The second-order valence-electron chi connectivity index (χ2n) is 5.39. The molecule has 3 N–H and O–H groups in total. The summed E-state index contributed by atoms with van der Waals surface area (Å²) in [6, 6.07) is 5.59. The number of benzene rings is 1. The van der Waals surface area contributed by atoms with E-state index in [1.54, 1.807) is 0 Å². The Labute approximate surface area is 130 Å². The van der Waals surface area contributed by atoms with Crippen LogP contribution in [0.4, 0.5) is 5.95 Å². The molecule has 0 fully saturated rings. The number of aromatic nitrogens is 2. The summed E-state index contributed by atoms with van der Waals surface area (Å²) in [6.45, 7) is 2.37. The van der Waals surface area contributed by atoms with Gasteiger partial charge in [-0.25, -0.2) is 9.97 Å². The molecule has 1 aromatic heterocycles. The van der Waals surface area contributed by atoms with E-state index in [9.17, 15) is 5.11 Å². The van der Waals surface area contributed by atoms with Crippen molar-refractivity contribution in [2.24, 2.45) is 5.92 Å². The number of unbranched alkanes of at least 4 members (excludes halogenated alkanes) is 1. The van der Waals surface area contributed by atoms with Crippen molar-refractivity contribution in [2.75, 3.05) is 12.3 Å². The minimum absolute atomic E-state index is 0.215. The van der Waals surface area contributed by atoms with Gasteiger partial charge in [0.15, 0.2) is 0 Å². The molecule has 0 amide bonds. The molecule has 0 aliphatic heterocycles. The largest absolute Gasteiger partial charge is 0.396 e. The number of hydrogen-bond acceptors (Lipinski definition) is 4. The molecule has 21 heavy (non-hydrogen) atoms. The third-order valence-electron chi connectivity index (χ3n) is 3.78. The van der Waals surface area contributed by atoms with E-state index in [4.69, 9.17) is 17.3 Å². The van der Waals surface area contributed by atoms with Crippen LogP contribution >= 0.6 is 11.6 Å². The number of nitrogens with zero attached hydrogens (tertiary/aromatic N) is 2. The zero-order valence-electron chi connectivity index (χ0n) is 12.3. The maximum atomic E-state index is 9.47. The number of hydrogen-bond donors (Lipinski definition) is 2. The van der Waals surface area contributed by atoms with Crippen LogP contribution in [0.25, 0.3) is 10.9 Å². The molecule has 114 valence electrons. The van der Waals surface area contributed by atoms with Gasteiger partial charge < -0.3 is 10.8 Å². The average molecular weight is 308 g/mol. The fourth-order valence-corrected chi connectivity index (χ4v) is 2.85. The normalized spacial score (nSPS) is 12.7. The topological polar surface area (TPSA) is 72.0 Å². The van der Waals surface area contributed by atoms with E-state index < -0.39 is 0 Å². The number of fused-ring (bicyclic) bond motifs is 1. The lowest BCUT2D eigenvalue weighted by atomic mass is 9.96. The molecule has 0 radical (unpaired) electrons. The summed E-state index contributed by atoms with van der Waals surface area (Å²) in [6.07, 6.45) is 4.96. The van der Waals surface area contributed by atoms with Crippen LogP contribution in [0.1, 0.15) is 38.3 Å². The lowest BCUT2D eigenvalue weighted by Crippen LogP contribution is -2.09. The lowest BCUT2D eigenvalue weighted by molar-refractivity contribution is 0.208. The molecular weight excluding hydrogens is 286 g/mol. The first-order valence-electron chi connectivity index (χ1n) is 7.47. The predicted octanol–water partition coefficient (Wildman–Crippen LogP) is 3.60. The van der Waals surface area contributed by atoms with Crippen molar-refractivity contribution in [3.8, 4) is 0 Å². The van der Waals surface area contributed by atoms with Crippen LogP contribution in [0.2, 0.25) is 5.02 Å². The van der Waals surface area contributed by atoms with Crippen molar-refractivity contribution in [1.29, 1.82) is 0 Å². The molecule has 0 saturated carbocycles. The highest BCUT2D eigenvalue weighted by molar-refractivity contribution is 6.35. The summed E-state index contributed by atoms with van der Waals surface area (Å²) in [4.78, 5) is 8.58. The number of nitrogen functional groups attached to an aromatic ring is 1. The Bertz CT molecular complexity index is 603. The number of rotatable bonds is 7. The molecule has 1 aromatic carbocycles. The van der Waals surface area contributed by atoms with Gasteiger partial charge >= 0.3 is 0 Å². The summed E-state index contributed by atoms with van der Waals surface area (Å²) in [5, 5.41) is 11.0. The Balaban J connectivity index is 2.21. The van der Waals surface area contributed by atoms with Crippen LogP contribution in [0.15, 0.2) is 18.2 Å². The Morgan fingerprint density at radius 3 is 2.81 bits per heavy atom. The summed E-state index contributed by atoms with van der Waals surface area (Å²) in [5.74, 6) is 0.576. The molecule has 2 aromatic rings. The zero-order chi connectivity index (χ0) is 15.2. The Kier molecular flexibility index (Phi) is 5.76. The number of halogens is 1.